The molecule has 3 nitrogen and oxygen atoms in total. The summed E-state index contributed by atoms with van der Waals surface area (Å²) >= 11 is 0. The van der Waals surface area contributed by atoms with E-state index in [1.165, 1.54) is 16.7 Å². The van der Waals surface area contributed by atoms with Gasteiger partial charge in [0.1, 0.15) is 5.75 Å². The van der Waals surface area contributed by atoms with Gasteiger partial charge >= 0.3 is 0 Å². The number of likely N-dealkylation sites (N-methyl/N-ethyl adjacent to an activating group) is 1. The first-order valence-electron chi connectivity index (χ1n) is 13.1. The zero-order chi connectivity index (χ0) is 28.4. The largest absolute Gasteiger partial charge is 0.508 e. The Labute approximate surface area is 227 Å². The van der Waals surface area contributed by atoms with E-state index in [9.17, 15) is 5.11 Å². The van der Waals surface area contributed by atoms with Crippen molar-refractivity contribution < 1.29 is 5.11 Å². The maximum absolute atomic E-state index is 9.87. The van der Waals surface area contributed by atoms with Crippen LogP contribution in [-0.2, 0) is 11.8 Å². The first kappa shape index (κ1) is 33.7. The van der Waals surface area contributed by atoms with E-state index in [0.717, 1.165) is 29.8 Å². The Bertz CT molecular complexity index is 1050. The van der Waals surface area contributed by atoms with E-state index < -0.39 is 0 Å². The summed E-state index contributed by atoms with van der Waals surface area (Å²) in [6.45, 7) is 20.9. The van der Waals surface area contributed by atoms with E-state index in [4.69, 9.17) is 0 Å². The molecule has 37 heavy (non-hydrogen) atoms. The molecule has 0 bridgehead atoms. The number of hydrogen-bond acceptors (Lipinski definition) is 3. The van der Waals surface area contributed by atoms with E-state index in [1.807, 2.05) is 83.2 Å². The van der Waals surface area contributed by atoms with E-state index in [-0.39, 0.29) is 5.41 Å². The highest BCUT2D eigenvalue weighted by Crippen LogP contribution is 2.32. The number of allylic oxidation sites excluding steroid dienone is 2. The molecule has 0 fully saturated rings. The Morgan fingerprint density at radius 1 is 0.973 bits per heavy atom. The average molecular weight is 503 g/mol. The first-order valence-corrected chi connectivity index (χ1v) is 13.1. The first-order chi connectivity index (χ1) is 17.5. The average Bonchev–Trinajstić information content (AvgIpc) is 2.90. The number of nitrogens with one attached hydrogen (secondary N) is 1. The molecule has 0 aliphatic rings. The minimum absolute atomic E-state index is 0.0715. The molecule has 0 saturated carbocycles. The molecule has 0 aromatic heterocycles. The van der Waals surface area contributed by atoms with Gasteiger partial charge in [0.25, 0.3) is 0 Å². The van der Waals surface area contributed by atoms with Gasteiger partial charge in [-0.2, -0.15) is 0 Å². The number of aryl methyl sites for hydroxylation is 1. The summed E-state index contributed by atoms with van der Waals surface area (Å²) in [5.74, 6) is 0.302. The lowest BCUT2D eigenvalue weighted by Gasteiger charge is -2.21. The minimum Gasteiger partial charge on any atom is -0.508 e. The van der Waals surface area contributed by atoms with Crippen molar-refractivity contribution in [1.82, 2.24) is 10.2 Å². The van der Waals surface area contributed by atoms with Crippen LogP contribution in [0.3, 0.4) is 0 Å². The lowest BCUT2D eigenvalue weighted by molar-refractivity contribution is 0.475. The predicted molar refractivity (Wildman–Crippen MR) is 165 cm³/mol. The molecule has 0 saturated heterocycles. The van der Waals surface area contributed by atoms with Crippen LogP contribution in [0.15, 0.2) is 97.7 Å². The lowest BCUT2D eigenvalue weighted by Crippen LogP contribution is -2.13. The van der Waals surface area contributed by atoms with Gasteiger partial charge in [-0.25, -0.2) is 0 Å². The maximum Gasteiger partial charge on any atom is 0.116 e. The fourth-order valence-corrected chi connectivity index (χ4v) is 3.05. The normalized spacial score (nSPS) is 9.86. The Morgan fingerprint density at radius 3 is 2.03 bits per heavy atom. The highest BCUT2D eigenvalue weighted by Gasteiger charge is 2.17. The molecule has 0 amide bonds. The molecule has 3 aromatic rings. The smallest absolute Gasteiger partial charge is 0.116 e. The molecule has 0 radical (unpaired) electrons. The van der Waals surface area contributed by atoms with Crippen LogP contribution in [0, 0.1) is 6.92 Å². The Morgan fingerprint density at radius 2 is 1.57 bits per heavy atom. The summed E-state index contributed by atoms with van der Waals surface area (Å²) in [6.07, 6.45) is 2.90. The number of benzene rings is 3. The van der Waals surface area contributed by atoms with Crippen molar-refractivity contribution in [2.75, 3.05) is 27.7 Å². The molecule has 0 heterocycles. The summed E-state index contributed by atoms with van der Waals surface area (Å²) in [6, 6.07) is 24.4. The van der Waals surface area contributed by atoms with E-state index in [1.54, 1.807) is 6.07 Å². The molecule has 0 spiro atoms. The fraction of sp³-hybridized carbons (Fsp3) is 0.353. The van der Waals surface area contributed by atoms with Gasteiger partial charge in [-0.15, -0.1) is 6.58 Å². The summed E-state index contributed by atoms with van der Waals surface area (Å²) in [4.78, 5) is 1.97. The van der Waals surface area contributed by atoms with Gasteiger partial charge in [0.05, 0.1) is 0 Å². The molecule has 3 rings (SSSR count). The highest BCUT2D eigenvalue weighted by atomic mass is 16.3. The quantitative estimate of drug-likeness (QED) is 0.318. The Kier molecular flexibility index (Phi) is 16.4. The van der Waals surface area contributed by atoms with E-state index in [0.29, 0.717) is 5.75 Å². The minimum atomic E-state index is -0.0715. The van der Waals surface area contributed by atoms with Crippen LogP contribution < -0.4 is 5.32 Å². The molecule has 3 heteroatoms. The van der Waals surface area contributed by atoms with Crippen molar-refractivity contribution >= 4 is 0 Å². The van der Waals surface area contributed by atoms with Crippen LogP contribution in [-0.4, -0.2) is 37.7 Å². The summed E-state index contributed by atoms with van der Waals surface area (Å²) in [5, 5.41) is 13.0. The zero-order valence-electron chi connectivity index (χ0n) is 24.7. The molecule has 2 N–H and O–H groups in total. The molecule has 0 aliphatic carbocycles. The van der Waals surface area contributed by atoms with Crippen LogP contribution in [0.5, 0.6) is 5.75 Å². The molecular formula is C34H50N2O. The number of aromatic hydroxyl groups is 1. The van der Waals surface area contributed by atoms with Gasteiger partial charge in [0.2, 0.25) is 0 Å². The number of phenols is 1. The molecule has 0 aliphatic heterocycles. The van der Waals surface area contributed by atoms with Crippen LogP contribution in [0.1, 0.15) is 51.3 Å². The van der Waals surface area contributed by atoms with E-state index in [2.05, 4.69) is 75.6 Å². The third kappa shape index (κ3) is 13.0. The number of hydrogen-bond donors (Lipinski definition) is 2. The third-order valence-corrected chi connectivity index (χ3v) is 5.87. The fourth-order valence-electron chi connectivity index (χ4n) is 3.05. The molecule has 0 unspecified atom stereocenters. The van der Waals surface area contributed by atoms with Gasteiger partial charge in [0, 0.05) is 25.2 Å². The SMILES string of the molecule is C=C(C)N(C)C.C=CC(C)(C)c1cccc(-c2cc(O)ccc2CCNC)c1.CC.Cc1ccccc1. The van der Waals surface area contributed by atoms with Gasteiger partial charge in [0.15, 0.2) is 0 Å². The zero-order valence-corrected chi connectivity index (χ0v) is 24.7. The predicted octanol–water partition coefficient (Wildman–Crippen LogP) is 8.39. The number of nitrogens with zero attached hydrogens (tertiary/aromatic N) is 1. The topological polar surface area (TPSA) is 35.5 Å². The van der Waals surface area contributed by atoms with Gasteiger partial charge in [-0.1, -0.05) is 107 Å². The van der Waals surface area contributed by atoms with Gasteiger partial charge < -0.3 is 15.3 Å². The number of rotatable bonds is 7. The second-order valence-electron chi connectivity index (χ2n) is 9.49. The second-order valence-corrected chi connectivity index (χ2v) is 9.49. The standard InChI is InChI=1S/C20H25NO.C7H8.C5H11N.C2H6/c1-5-20(2,3)17-8-6-7-16(13-17)19-14-18(22)10-9-15(19)11-12-21-4;1-7-5-3-2-4-6-7;1-5(2)6(3)4;1-2/h5-10,13-14,21-22H,1,11-12H2,2-4H3;2-6H,1H3;1H2,2-4H3;1-2H3. The highest BCUT2D eigenvalue weighted by molar-refractivity contribution is 5.70. The van der Waals surface area contributed by atoms with Crippen molar-refractivity contribution in [2.24, 2.45) is 0 Å². The van der Waals surface area contributed by atoms with Crippen LogP contribution >= 0.6 is 0 Å². The van der Waals surface area contributed by atoms with Crippen LogP contribution in [0.4, 0.5) is 0 Å². The molecular weight excluding hydrogens is 452 g/mol. The number of phenolic OH excluding ortho intramolecular Hbond substituents is 1. The van der Waals surface area contributed by atoms with Crippen LogP contribution in [0.2, 0.25) is 0 Å². The maximum atomic E-state index is 9.87. The van der Waals surface area contributed by atoms with Crippen molar-refractivity contribution in [3.8, 4) is 16.9 Å². The molecule has 3 aromatic carbocycles. The van der Waals surface area contributed by atoms with Crippen molar-refractivity contribution in [2.45, 2.75) is 53.4 Å². The Hall–Kier alpha value is -3.30. The summed E-state index contributed by atoms with van der Waals surface area (Å²) < 4.78 is 0. The summed E-state index contributed by atoms with van der Waals surface area (Å²) in [5.41, 5.74) is 7.03. The molecule has 0 atom stereocenters. The van der Waals surface area contributed by atoms with Crippen molar-refractivity contribution in [3.63, 3.8) is 0 Å². The van der Waals surface area contributed by atoms with Crippen molar-refractivity contribution in [3.05, 3.63) is 114 Å². The van der Waals surface area contributed by atoms with Gasteiger partial charge in [-0.05, 0) is 68.2 Å². The van der Waals surface area contributed by atoms with Crippen molar-refractivity contribution in [1.29, 1.82) is 0 Å². The van der Waals surface area contributed by atoms with Crippen LogP contribution in [0.25, 0.3) is 11.1 Å². The molecule has 202 valence electrons. The second kappa shape index (κ2) is 18.0. The van der Waals surface area contributed by atoms with Gasteiger partial charge in [-0.3, -0.25) is 0 Å². The van der Waals surface area contributed by atoms with E-state index >= 15 is 0 Å². The Balaban J connectivity index is 0.000000704. The monoisotopic (exact) mass is 502 g/mol. The third-order valence-electron chi connectivity index (χ3n) is 5.87. The lowest BCUT2D eigenvalue weighted by atomic mass is 9.83. The summed E-state index contributed by atoms with van der Waals surface area (Å²) in [7, 11) is 5.90.